The number of nitrogens with two attached hydrogens (primary N) is 1. The number of para-hydroxylation sites is 1. The van der Waals surface area contributed by atoms with Crippen LogP contribution in [-0.2, 0) is 6.42 Å². The van der Waals surface area contributed by atoms with Crippen LogP contribution < -0.4 is 5.73 Å². The van der Waals surface area contributed by atoms with E-state index in [2.05, 4.69) is 4.98 Å². The summed E-state index contributed by atoms with van der Waals surface area (Å²) in [5, 5.41) is 9.98. The van der Waals surface area contributed by atoms with Crippen molar-refractivity contribution in [3.05, 3.63) is 42.1 Å². The molecule has 0 saturated carbocycles. The molecule has 0 spiro atoms. The molecule has 3 nitrogen and oxygen atoms in total. The van der Waals surface area contributed by atoms with Gasteiger partial charge >= 0.3 is 0 Å². The van der Waals surface area contributed by atoms with Gasteiger partial charge in [-0.05, 0) is 12.1 Å². The lowest BCUT2D eigenvalue weighted by Crippen LogP contribution is -2.27. The van der Waals surface area contributed by atoms with Crippen LogP contribution in [0.3, 0.4) is 0 Å². The number of hydrogen-bond acceptors (Lipinski definition) is 3. The van der Waals surface area contributed by atoms with Crippen LogP contribution in [0.2, 0.25) is 0 Å². The Bertz CT molecular complexity index is 456. The highest BCUT2D eigenvalue weighted by atomic mass is 16.3. The number of benzene rings is 1. The molecular formula is C12H14N2O. The fraction of sp³-hybridized carbons (Fsp3) is 0.250. The number of aliphatic hydroxyl groups excluding tert-OH is 1. The number of nitrogens with zero attached hydrogens (tertiary/aromatic N) is 1. The van der Waals surface area contributed by atoms with Gasteiger partial charge in [0.15, 0.2) is 0 Å². The van der Waals surface area contributed by atoms with Crippen molar-refractivity contribution >= 4 is 10.9 Å². The van der Waals surface area contributed by atoms with E-state index >= 15 is 0 Å². The van der Waals surface area contributed by atoms with Crippen LogP contribution in [0.5, 0.6) is 0 Å². The van der Waals surface area contributed by atoms with E-state index in [9.17, 15) is 0 Å². The van der Waals surface area contributed by atoms with E-state index in [1.54, 1.807) is 0 Å². The van der Waals surface area contributed by atoms with E-state index in [1.165, 1.54) is 0 Å². The highest BCUT2D eigenvalue weighted by molar-refractivity contribution is 5.78. The quantitative estimate of drug-likeness (QED) is 0.783. The summed E-state index contributed by atoms with van der Waals surface area (Å²) in [7, 11) is 0. The van der Waals surface area contributed by atoms with Crippen molar-refractivity contribution < 1.29 is 5.11 Å². The topological polar surface area (TPSA) is 59.1 Å². The van der Waals surface area contributed by atoms with Gasteiger partial charge in [0, 0.05) is 23.5 Å². The molecule has 0 bridgehead atoms. The average Bonchev–Trinajstić information content (AvgIpc) is 2.29. The molecule has 0 radical (unpaired) electrons. The van der Waals surface area contributed by atoms with Crippen molar-refractivity contribution in [1.29, 1.82) is 0 Å². The van der Waals surface area contributed by atoms with Crippen molar-refractivity contribution in [2.75, 3.05) is 6.61 Å². The molecule has 0 fully saturated rings. The van der Waals surface area contributed by atoms with Gasteiger partial charge < -0.3 is 10.8 Å². The minimum atomic E-state index is -0.223. The predicted octanol–water partition coefficient (Wildman–Crippen LogP) is 1.10. The van der Waals surface area contributed by atoms with Crippen molar-refractivity contribution in [2.24, 2.45) is 5.73 Å². The van der Waals surface area contributed by atoms with Crippen molar-refractivity contribution in [1.82, 2.24) is 4.98 Å². The number of rotatable bonds is 3. The second kappa shape index (κ2) is 4.38. The molecular weight excluding hydrogens is 188 g/mol. The Kier molecular flexibility index (Phi) is 2.94. The fourth-order valence-electron chi connectivity index (χ4n) is 1.56. The van der Waals surface area contributed by atoms with Crippen LogP contribution in [-0.4, -0.2) is 22.7 Å². The largest absolute Gasteiger partial charge is 0.395 e. The molecule has 3 N–H and O–H groups in total. The maximum atomic E-state index is 8.86. The van der Waals surface area contributed by atoms with Gasteiger partial charge in [0.2, 0.25) is 0 Å². The summed E-state index contributed by atoms with van der Waals surface area (Å²) in [5.41, 5.74) is 7.56. The molecule has 0 aliphatic carbocycles. The Balaban J connectivity index is 2.30. The van der Waals surface area contributed by atoms with Crippen LogP contribution >= 0.6 is 0 Å². The van der Waals surface area contributed by atoms with E-state index < -0.39 is 0 Å². The summed E-state index contributed by atoms with van der Waals surface area (Å²) < 4.78 is 0. The molecule has 0 aliphatic rings. The molecule has 1 atom stereocenters. The summed E-state index contributed by atoms with van der Waals surface area (Å²) in [6.45, 7) is -0.00545. The number of fused-ring (bicyclic) bond motifs is 1. The first-order valence-corrected chi connectivity index (χ1v) is 5.00. The van der Waals surface area contributed by atoms with Crippen LogP contribution in [0, 0.1) is 0 Å². The SMILES string of the molecule is N[C@@H](CO)Cc1ccc2ccccc2n1. The molecule has 0 aliphatic heterocycles. The van der Waals surface area contributed by atoms with E-state index in [-0.39, 0.29) is 12.6 Å². The van der Waals surface area contributed by atoms with Crippen molar-refractivity contribution in [2.45, 2.75) is 12.5 Å². The van der Waals surface area contributed by atoms with Gasteiger partial charge in [-0.25, -0.2) is 0 Å². The zero-order chi connectivity index (χ0) is 10.7. The molecule has 3 heteroatoms. The summed E-state index contributed by atoms with van der Waals surface area (Å²) in [4.78, 5) is 4.47. The predicted molar refractivity (Wildman–Crippen MR) is 60.5 cm³/mol. The molecule has 1 aromatic carbocycles. The molecule has 2 aromatic rings. The standard InChI is InChI=1S/C12H14N2O/c13-10(8-15)7-11-6-5-9-3-1-2-4-12(9)14-11/h1-6,10,15H,7-8,13H2/t10-/m1/s1. The van der Waals surface area contributed by atoms with Gasteiger partial charge in [0.05, 0.1) is 12.1 Å². The third-order valence-corrected chi connectivity index (χ3v) is 2.36. The van der Waals surface area contributed by atoms with Crippen LogP contribution in [0.4, 0.5) is 0 Å². The molecule has 15 heavy (non-hydrogen) atoms. The zero-order valence-electron chi connectivity index (χ0n) is 8.43. The highest BCUT2D eigenvalue weighted by Gasteiger charge is 2.04. The maximum absolute atomic E-state index is 8.86. The highest BCUT2D eigenvalue weighted by Crippen LogP contribution is 2.12. The summed E-state index contributed by atoms with van der Waals surface area (Å²) in [6.07, 6.45) is 0.612. The van der Waals surface area contributed by atoms with Crippen LogP contribution in [0.25, 0.3) is 10.9 Å². The zero-order valence-corrected chi connectivity index (χ0v) is 8.43. The van der Waals surface area contributed by atoms with Crippen molar-refractivity contribution in [3.8, 4) is 0 Å². The normalized spacial score (nSPS) is 12.9. The fourth-order valence-corrected chi connectivity index (χ4v) is 1.56. The minimum Gasteiger partial charge on any atom is -0.395 e. The van der Waals surface area contributed by atoms with Gasteiger partial charge in [-0.3, -0.25) is 4.98 Å². The second-order valence-electron chi connectivity index (χ2n) is 3.64. The number of aliphatic hydroxyl groups is 1. The van der Waals surface area contributed by atoms with Crippen LogP contribution in [0.1, 0.15) is 5.69 Å². The van der Waals surface area contributed by atoms with Gasteiger partial charge in [-0.1, -0.05) is 24.3 Å². The van der Waals surface area contributed by atoms with E-state index in [0.29, 0.717) is 6.42 Å². The molecule has 0 unspecified atom stereocenters. The first kappa shape index (κ1) is 10.1. The first-order chi connectivity index (χ1) is 7.29. The summed E-state index contributed by atoms with van der Waals surface area (Å²) in [5.74, 6) is 0. The third kappa shape index (κ3) is 2.32. The van der Waals surface area contributed by atoms with E-state index in [1.807, 2.05) is 36.4 Å². The van der Waals surface area contributed by atoms with E-state index in [0.717, 1.165) is 16.6 Å². The van der Waals surface area contributed by atoms with Gasteiger partial charge in [0.25, 0.3) is 0 Å². The molecule has 1 aromatic heterocycles. The van der Waals surface area contributed by atoms with Gasteiger partial charge in [-0.15, -0.1) is 0 Å². The number of hydrogen-bond donors (Lipinski definition) is 2. The average molecular weight is 202 g/mol. The molecule has 0 amide bonds. The second-order valence-corrected chi connectivity index (χ2v) is 3.64. The Morgan fingerprint density at radius 3 is 2.80 bits per heavy atom. The lowest BCUT2D eigenvalue weighted by molar-refractivity contribution is 0.264. The first-order valence-electron chi connectivity index (χ1n) is 5.00. The third-order valence-electron chi connectivity index (χ3n) is 2.36. The Hall–Kier alpha value is -1.45. The lowest BCUT2D eigenvalue weighted by Gasteiger charge is -2.07. The Morgan fingerprint density at radius 2 is 2.00 bits per heavy atom. The monoisotopic (exact) mass is 202 g/mol. The smallest absolute Gasteiger partial charge is 0.0705 e. The Labute approximate surface area is 88.6 Å². The molecule has 1 heterocycles. The van der Waals surface area contributed by atoms with Crippen LogP contribution in [0.15, 0.2) is 36.4 Å². The summed E-state index contributed by atoms with van der Waals surface area (Å²) >= 11 is 0. The molecule has 0 saturated heterocycles. The lowest BCUT2D eigenvalue weighted by atomic mass is 10.1. The molecule has 2 rings (SSSR count). The van der Waals surface area contributed by atoms with Gasteiger partial charge in [0.1, 0.15) is 0 Å². The van der Waals surface area contributed by atoms with Gasteiger partial charge in [-0.2, -0.15) is 0 Å². The van der Waals surface area contributed by atoms with Crippen molar-refractivity contribution in [3.63, 3.8) is 0 Å². The maximum Gasteiger partial charge on any atom is 0.0705 e. The Morgan fingerprint density at radius 1 is 1.20 bits per heavy atom. The minimum absolute atomic E-state index is 0.00545. The van der Waals surface area contributed by atoms with E-state index in [4.69, 9.17) is 10.8 Å². The molecule has 78 valence electrons. The summed E-state index contributed by atoms with van der Waals surface area (Å²) in [6, 6.07) is 11.7. The number of pyridine rings is 1. The number of aromatic nitrogens is 1.